The predicted octanol–water partition coefficient (Wildman–Crippen LogP) is 2.29. The van der Waals surface area contributed by atoms with Crippen LogP contribution in [0.2, 0.25) is 0 Å². The first-order valence-electron chi connectivity index (χ1n) is 7.83. The maximum atomic E-state index is 12.1. The van der Waals surface area contributed by atoms with E-state index in [4.69, 9.17) is 0 Å². The van der Waals surface area contributed by atoms with Crippen molar-refractivity contribution in [2.75, 3.05) is 7.05 Å². The number of nitrogens with one attached hydrogen (secondary N) is 3. The molecular weight excluding hydrogens is 276 g/mol. The monoisotopic (exact) mass is 304 g/mol. The maximum absolute atomic E-state index is 12.1. The standard InChI is InChI=1S/C17H28N4O/c1-6-13(4)21-16(22)15-9-7-8-14(10-15)11-19-17(18-5)20-12(2)3/h7-10,12-13H,6,11H2,1-5H3,(H,21,22)(H2,18,19,20). The molecule has 0 saturated carbocycles. The number of nitrogens with zero attached hydrogens (tertiary/aromatic N) is 1. The lowest BCUT2D eigenvalue weighted by atomic mass is 10.1. The third kappa shape index (κ3) is 6.16. The average molecular weight is 304 g/mol. The first-order valence-corrected chi connectivity index (χ1v) is 7.83. The number of hydrogen-bond acceptors (Lipinski definition) is 2. The lowest BCUT2D eigenvalue weighted by Crippen LogP contribution is -2.40. The first-order chi connectivity index (χ1) is 10.5. The average Bonchev–Trinajstić information content (AvgIpc) is 2.51. The van der Waals surface area contributed by atoms with E-state index in [1.807, 2.05) is 31.2 Å². The fraction of sp³-hybridized carbons (Fsp3) is 0.529. The highest BCUT2D eigenvalue weighted by molar-refractivity contribution is 5.94. The van der Waals surface area contributed by atoms with Gasteiger partial charge in [0, 0.05) is 31.2 Å². The van der Waals surface area contributed by atoms with Crippen LogP contribution >= 0.6 is 0 Å². The Labute approximate surface area is 133 Å². The molecule has 0 bridgehead atoms. The Morgan fingerprint density at radius 1 is 1.23 bits per heavy atom. The van der Waals surface area contributed by atoms with Gasteiger partial charge in [-0.2, -0.15) is 0 Å². The summed E-state index contributed by atoms with van der Waals surface area (Å²) in [5.41, 5.74) is 1.73. The molecule has 1 amide bonds. The van der Waals surface area contributed by atoms with E-state index in [1.165, 1.54) is 0 Å². The number of hydrogen-bond donors (Lipinski definition) is 3. The summed E-state index contributed by atoms with van der Waals surface area (Å²) in [7, 11) is 1.74. The van der Waals surface area contributed by atoms with E-state index in [9.17, 15) is 4.79 Å². The van der Waals surface area contributed by atoms with E-state index in [0.717, 1.165) is 17.9 Å². The molecular formula is C17H28N4O. The molecule has 0 saturated heterocycles. The van der Waals surface area contributed by atoms with Gasteiger partial charge in [-0.05, 0) is 44.9 Å². The SMILES string of the molecule is CCC(C)NC(=O)c1cccc(CNC(=NC)NC(C)C)c1. The summed E-state index contributed by atoms with van der Waals surface area (Å²) < 4.78 is 0. The second-order valence-electron chi connectivity index (χ2n) is 5.71. The summed E-state index contributed by atoms with van der Waals surface area (Å²) >= 11 is 0. The van der Waals surface area contributed by atoms with Crippen molar-refractivity contribution in [1.29, 1.82) is 0 Å². The van der Waals surface area contributed by atoms with Gasteiger partial charge in [0.2, 0.25) is 0 Å². The zero-order chi connectivity index (χ0) is 16.5. The van der Waals surface area contributed by atoms with Crippen LogP contribution in [0.5, 0.6) is 0 Å². The normalized spacial score (nSPS) is 12.9. The number of carbonyl (C=O) groups excluding carboxylic acids is 1. The van der Waals surface area contributed by atoms with Gasteiger partial charge < -0.3 is 16.0 Å². The van der Waals surface area contributed by atoms with Crippen molar-refractivity contribution >= 4 is 11.9 Å². The van der Waals surface area contributed by atoms with Crippen LogP contribution < -0.4 is 16.0 Å². The second-order valence-corrected chi connectivity index (χ2v) is 5.71. The number of benzene rings is 1. The summed E-state index contributed by atoms with van der Waals surface area (Å²) in [6, 6.07) is 8.15. The molecule has 1 aromatic carbocycles. The third-order valence-corrected chi connectivity index (χ3v) is 3.29. The lowest BCUT2D eigenvalue weighted by Gasteiger charge is -2.15. The summed E-state index contributed by atoms with van der Waals surface area (Å²) in [5, 5.41) is 9.45. The van der Waals surface area contributed by atoms with Crippen LogP contribution in [-0.4, -0.2) is 31.0 Å². The van der Waals surface area contributed by atoms with E-state index in [1.54, 1.807) is 7.05 Å². The van der Waals surface area contributed by atoms with E-state index in [0.29, 0.717) is 18.2 Å². The fourth-order valence-corrected chi connectivity index (χ4v) is 1.89. The molecule has 122 valence electrons. The van der Waals surface area contributed by atoms with E-state index >= 15 is 0 Å². The minimum absolute atomic E-state index is 0.0270. The molecule has 5 heteroatoms. The second kappa shape index (κ2) is 9.07. The highest BCUT2D eigenvalue weighted by Gasteiger charge is 2.09. The lowest BCUT2D eigenvalue weighted by molar-refractivity contribution is 0.0939. The molecule has 0 spiro atoms. The molecule has 0 aliphatic heterocycles. The molecule has 0 radical (unpaired) electrons. The quantitative estimate of drug-likeness (QED) is 0.558. The summed E-state index contributed by atoms with van der Waals surface area (Å²) in [6.07, 6.45) is 0.921. The largest absolute Gasteiger partial charge is 0.354 e. The van der Waals surface area contributed by atoms with Gasteiger partial charge in [-0.15, -0.1) is 0 Å². The first kappa shape index (κ1) is 18.0. The molecule has 0 aromatic heterocycles. The smallest absolute Gasteiger partial charge is 0.251 e. The van der Waals surface area contributed by atoms with Gasteiger partial charge in [0.15, 0.2) is 5.96 Å². The van der Waals surface area contributed by atoms with Gasteiger partial charge in [0.05, 0.1) is 0 Å². The number of aliphatic imine (C=N–C) groups is 1. The number of guanidine groups is 1. The van der Waals surface area contributed by atoms with Crippen molar-refractivity contribution in [3.05, 3.63) is 35.4 Å². The van der Waals surface area contributed by atoms with Gasteiger partial charge in [-0.25, -0.2) is 0 Å². The Balaban J connectivity index is 2.66. The Hall–Kier alpha value is -2.04. The summed E-state index contributed by atoms with van der Waals surface area (Å²) in [6.45, 7) is 8.81. The zero-order valence-electron chi connectivity index (χ0n) is 14.2. The van der Waals surface area contributed by atoms with Gasteiger partial charge in [-0.1, -0.05) is 19.1 Å². The molecule has 3 N–H and O–H groups in total. The van der Waals surface area contributed by atoms with Gasteiger partial charge in [-0.3, -0.25) is 9.79 Å². The zero-order valence-corrected chi connectivity index (χ0v) is 14.2. The molecule has 22 heavy (non-hydrogen) atoms. The minimum atomic E-state index is -0.0270. The van der Waals surface area contributed by atoms with Crippen molar-refractivity contribution in [2.45, 2.75) is 52.7 Å². The van der Waals surface area contributed by atoms with Crippen molar-refractivity contribution in [3.8, 4) is 0 Å². The maximum Gasteiger partial charge on any atom is 0.251 e. The minimum Gasteiger partial charge on any atom is -0.354 e. The Bertz CT molecular complexity index is 511. The van der Waals surface area contributed by atoms with Crippen LogP contribution in [-0.2, 0) is 6.54 Å². The van der Waals surface area contributed by atoms with Crippen molar-refractivity contribution in [3.63, 3.8) is 0 Å². The van der Waals surface area contributed by atoms with Crippen LogP contribution in [0.4, 0.5) is 0 Å². The van der Waals surface area contributed by atoms with Gasteiger partial charge in [0.25, 0.3) is 5.91 Å². The van der Waals surface area contributed by atoms with E-state index in [2.05, 4.69) is 41.7 Å². The molecule has 0 aliphatic carbocycles. The van der Waals surface area contributed by atoms with Crippen molar-refractivity contribution < 1.29 is 4.79 Å². The van der Waals surface area contributed by atoms with Gasteiger partial charge in [0.1, 0.15) is 0 Å². The van der Waals surface area contributed by atoms with Crippen molar-refractivity contribution in [2.24, 2.45) is 4.99 Å². The Morgan fingerprint density at radius 3 is 2.55 bits per heavy atom. The number of amides is 1. The molecule has 1 unspecified atom stereocenters. The van der Waals surface area contributed by atoms with Crippen LogP contribution in [0.3, 0.4) is 0 Å². The molecule has 0 fully saturated rings. The van der Waals surface area contributed by atoms with E-state index in [-0.39, 0.29) is 11.9 Å². The van der Waals surface area contributed by atoms with Crippen LogP contribution in [0.15, 0.2) is 29.3 Å². The van der Waals surface area contributed by atoms with E-state index < -0.39 is 0 Å². The molecule has 0 aliphatic rings. The Morgan fingerprint density at radius 2 is 1.95 bits per heavy atom. The molecule has 1 rings (SSSR count). The topological polar surface area (TPSA) is 65.5 Å². The fourth-order valence-electron chi connectivity index (χ4n) is 1.89. The van der Waals surface area contributed by atoms with Crippen LogP contribution in [0.1, 0.15) is 50.0 Å². The molecule has 0 heterocycles. The number of rotatable bonds is 6. The molecule has 5 nitrogen and oxygen atoms in total. The Kier molecular flexibility index (Phi) is 7.43. The third-order valence-electron chi connectivity index (χ3n) is 3.29. The van der Waals surface area contributed by atoms with Crippen molar-refractivity contribution in [1.82, 2.24) is 16.0 Å². The molecule has 1 atom stereocenters. The predicted molar refractivity (Wildman–Crippen MR) is 92.1 cm³/mol. The summed E-state index contributed by atoms with van der Waals surface area (Å²) in [4.78, 5) is 16.3. The highest BCUT2D eigenvalue weighted by Crippen LogP contribution is 2.06. The highest BCUT2D eigenvalue weighted by atomic mass is 16.1. The molecule has 1 aromatic rings. The van der Waals surface area contributed by atoms with Crippen LogP contribution in [0, 0.1) is 0 Å². The number of carbonyl (C=O) groups is 1. The van der Waals surface area contributed by atoms with Gasteiger partial charge >= 0.3 is 0 Å². The van der Waals surface area contributed by atoms with Crippen LogP contribution in [0.25, 0.3) is 0 Å². The summed E-state index contributed by atoms with van der Waals surface area (Å²) in [5.74, 6) is 0.727.